The van der Waals surface area contributed by atoms with Gasteiger partial charge in [0.05, 0.1) is 5.75 Å². The fraction of sp³-hybridized carbons (Fsp3) is 0.333. The molecule has 0 unspecified atom stereocenters. The number of rotatable bonds is 8. The lowest BCUT2D eigenvalue weighted by Gasteiger charge is -2.18. The molecule has 0 bridgehead atoms. The Morgan fingerprint density at radius 1 is 1.08 bits per heavy atom. The predicted octanol–water partition coefficient (Wildman–Crippen LogP) is 2.05. The van der Waals surface area contributed by atoms with Crippen molar-refractivity contribution in [1.82, 2.24) is 9.03 Å². The van der Waals surface area contributed by atoms with E-state index in [-0.39, 0.29) is 22.5 Å². The zero-order valence-electron chi connectivity index (χ0n) is 13.4. The first-order valence-electron chi connectivity index (χ1n) is 7.27. The number of thiophene rings is 1. The van der Waals surface area contributed by atoms with Gasteiger partial charge in [-0.3, -0.25) is 0 Å². The van der Waals surface area contributed by atoms with Gasteiger partial charge in [0.1, 0.15) is 4.21 Å². The monoisotopic (exact) mass is 388 g/mol. The minimum Gasteiger partial charge on any atom is -0.212 e. The van der Waals surface area contributed by atoms with Crippen molar-refractivity contribution < 1.29 is 16.8 Å². The summed E-state index contributed by atoms with van der Waals surface area (Å²) >= 11 is 1.10. The Morgan fingerprint density at radius 3 is 2.33 bits per heavy atom. The molecule has 0 amide bonds. The van der Waals surface area contributed by atoms with E-state index in [0.29, 0.717) is 0 Å². The van der Waals surface area contributed by atoms with Crippen LogP contribution >= 0.6 is 11.3 Å². The molecule has 0 aliphatic carbocycles. The third kappa shape index (κ3) is 4.87. The van der Waals surface area contributed by atoms with Crippen molar-refractivity contribution in [2.45, 2.75) is 17.2 Å². The molecule has 1 N–H and O–H groups in total. The fourth-order valence-electron chi connectivity index (χ4n) is 2.07. The highest BCUT2D eigenvalue weighted by Crippen LogP contribution is 2.19. The average Bonchev–Trinajstić information content (AvgIpc) is 3.08. The summed E-state index contributed by atoms with van der Waals surface area (Å²) in [6.07, 6.45) is 0. The van der Waals surface area contributed by atoms with Crippen LogP contribution in [0.4, 0.5) is 0 Å². The molecule has 0 radical (unpaired) electrons. The lowest BCUT2D eigenvalue weighted by molar-refractivity contribution is 0.484. The molecule has 2 aromatic rings. The van der Waals surface area contributed by atoms with Gasteiger partial charge in [0.2, 0.25) is 10.0 Å². The maximum Gasteiger partial charge on any atom is 0.252 e. The van der Waals surface area contributed by atoms with E-state index in [1.165, 1.54) is 13.1 Å². The predicted molar refractivity (Wildman–Crippen MR) is 95.9 cm³/mol. The summed E-state index contributed by atoms with van der Waals surface area (Å²) < 4.78 is 52.8. The van der Waals surface area contributed by atoms with Crippen molar-refractivity contribution in [2.24, 2.45) is 0 Å². The van der Waals surface area contributed by atoms with Crippen molar-refractivity contribution in [2.75, 3.05) is 19.3 Å². The van der Waals surface area contributed by atoms with Crippen LogP contribution in [-0.4, -0.2) is 40.5 Å². The van der Waals surface area contributed by atoms with Gasteiger partial charge in [-0.2, -0.15) is 4.31 Å². The smallest absolute Gasteiger partial charge is 0.212 e. The topological polar surface area (TPSA) is 83.6 Å². The SMILES string of the molecule is C[C@@H](NS(=O)(=O)CCN(C)S(=O)(=O)c1cccs1)c1ccccc1. The molecule has 9 heteroatoms. The number of nitrogens with zero attached hydrogens (tertiary/aromatic N) is 1. The molecule has 0 aliphatic rings. The highest BCUT2D eigenvalue weighted by molar-refractivity contribution is 7.91. The van der Waals surface area contributed by atoms with Crippen molar-refractivity contribution >= 4 is 31.4 Å². The number of benzene rings is 1. The van der Waals surface area contributed by atoms with Gasteiger partial charge < -0.3 is 0 Å². The van der Waals surface area contributed by atoms with Gasteiger partial charge >= 0.3 is 0 Å². The van der Waals surface area contributed by atoms with Crippen LogP contribution in [0.15, 0.2) is 52.1 Å². The van der Waals surface area contributed by atoms with Gasteiger partial charge in [0.25, 0.3) is 10.0 Å². The second kappa shape index (κ2) is 7.75. The molecule has 0 aliphatic heterocycles. The Balaban J connectivity index is 1.97. The first kappa shape index (κ1) is 19.1. The van der Waals surface area contributed by atoms with Crippen LogP contribution in [0.3, 0.4) is 0 Å². The first-order valence-corrected chi connectivity index (χ1v) is 11.2. The molecule has 24 heavy (non-hydrogen) atoms. The van der Waals surface area contributed by atoms with Crippen molar-refractivity contribution in [3.63, 3.8) is 0 Å². The summed E-state index contributed by atoms with van der Waals surface area (Å²) in [5.74, 6) is -0.300. The standard InChI is InChI=1S/C15H20N2O4S3/c1-13(14-7-4-3-5-8-14)16-23(18,19)12-10-17(2)24(20,21)15-9-6-11-22-15/h3-9,11,13,16H,10,12H2,1-2H3/t13-/m1/s1. The van der Waals surface area contributed by atoms with E-state index in [1.807, 2.05) is 30.3 Å². The fourth-order valence-corrected chi connectivity index (χ4v) is 5.87. The van der Waals surface area contributed by atoms with Crippen molar-refractivity contribution in [1.29, 1.82) is 0 Å². The van der Waals surface area contributed by atoms with Crippen molar-refractivity contribution in [3.05, 3.63) is 53.4 Å². The molecule has 1 aromatic heterocycles. The van der Waals surface area contributed by atoms with Crippen LogP contribution in [0.1, 0.15) is 18.5 Å². The normalized spacial score (nSPS) is 14.0. The zero-order valence-corrected chi connectivity index (χ0v) is 15.9. The van der Waals surface area contributed by atoms with E-state index >= 15 is 0 Å². The summed E-state index contributed by atoms with van der Waals surface area (Å²) in [7, 11) is -5.86. The number of hydrogen-bond acceptors (Lipinski definition) is 5. The van der Waals surface area contributed by atoms with Gasteiger partial charge in [0.15, 0.2) is 0 Å². The van der Waals surface area contributed by atoms with E-state index in [1.54, 1.807) is 18.4 Å². The number of sulfonamides is 2. The minimum absolute atomic E-state index is 0.114. The van der Waals surface area contributed by atoms with Crippen LogP contribution in [0.25, 0.3) is 0 Å². The van der Waals surface area contributed by atoms with E-state index in [9.17, 15) is 16.8 Å². The summed E-state index contributed by atoms with van der Waals surface area (Å²) in [4.78, 5) is 0. The first-order chi connectivity index (χ1) is 11.2. The number of nitrogens with one attached hydrogen (secondary N) is 1. The third-order valence-corrected chi connectivity index (χ3v) is 8.15. The van der Waals surface area contributed by atoms with Gasteiger partial charge in [0, 0.05) is 19.6 Å². The summed E-state index contributed by atoms with van der Waals surface area (Å²) in [6, 6.07) is 12.0. The Hall–Kier alpha value is -1.26. The molecular weight excluding hydrogens is 368 g/mol. The average molecular weight is 389 g/mol. The molecule has 0 spiro atoms. The van der Waals surface area contributed by atoms with Crippen LogP contribution in [0, 0.1) is 0 Å². The highest BCUT2D eigenvalue weighted by Gasteiger charge is 2.24. The van der Waals surface area contributed by atoms with Gasteiger partial charge in [-0.1, -0.05) is 36.4 Å². The molecule has 0 saturated carbocycles. The highest BCUT2D eigenvalue weighted by atomic mass is 32.2. The Bertz CT molecular complexity index is 847. The molecule has 132 valence electrons. The lowest BCUT2D eigenvalue weighted by Crippen LogP contribution is -2.36. The van der Waals surface area contributed by atoms with Crippen molar-refractivity contribution in [3.8, 4) is 0 Å². The molecular formula is C15H20N2O4S3. The van der Waals surface area contributed by atoms with Crippen LogP contribution in [-0.2, 0) is 20.0 Å². The van der Waals surface area contributed by atoms with E-state index in [2.05, 4.69) is 4.72 Å². The molecule has 0 fully saturated rings. The molecule has 0 saturated heterocycles. The Labute approximate surface area is 147 Å². The summed E-state index contributed by atoms with van der Waals surface area (Å²) in [6.45, 7) is 1.63. The van der Waals surface area contributed by atoms with Gasteiger partial charge in [-0.25, -0.2) is 21.6 Å². The zero-order chi connectivity index (χ0) is 17.8. The van der Waals surface area contributed by atoms with E-state index in [4.69, 9.17) is 0 Å². The van der Waals surface area contributed by atoms with E-state index in [0.717, 1.165) is 21.2 Å². The largest absolute Gasteiger partial charge is 0.252 e. The second-order valence-electron chi connectivity index (χ2n) is 5.33. The summed E-state index contributed by atoms with van der Waals surface area (Å²) in [5, 5.41) is 1.67. The van der Waals surface area contributed by atoms with Crippen LogP contribution in [0.5, 0.6) is 0 Å². The van der Waals surface area contributed by atoms with E-state index < -0.39 is 20.0 Å². The minimum atomic E-state index is -3.64. The molecule has 1 atom stereocenters. The third-order valence-electron chi connectivity index (χ3n) is 3.49. The Kier molecular flexibility index (Phi) is 6.16. The quantitative estimate of drug-likeness (QED) is 0.750. The second-order valence-corrected chi connectivity index (χ2v) is 10.4. The lowest BCUT2D eigenvalue weighted by atomic mass is 10.1. The molecule has 2 rings (SSSR count). The Morgan fingerprint density at radius 2 is 1.75 bits per heavy atom. The van der Waals surface area contributed by atoms with Crippen LogP contribution < -0.4 is 4.72 Å². The van der Waals surface area contributed by atoms with Crippen LogP contribution in [0.2, 0.25) is 0 Å². The van der Waals surface area contributed by atoms with Gasteiger partial charge in [-0.15, -0.1) is 11.3 Å². The molecule has 1 aromatic carbocycles. The molecule has 6 nitrogen and oxygen atoms in total. The summed E-state index contributed by atoms with van der Waals surface area (Å²) in [5.41, 5.74) is 0.848. The maximum atomic E-state index is 12.3. The number of hydrogen-bond donors (Lipinski definition) is 1. The maximum absolute atomic E-state index is 12.3. The van der Waals surface area contributed by atoms with Gasteiger partial charge in [-0.05, 0) is 23.9 Å². The molecule has 1 heterocycles.